The van der Waals surface area contributed by atoms with Crippen LogP contribution in [-0.4, -0.2) is 38.5 Å². The highest BCUT2D eigenvalue weighted by molar-refractivity contribution is 4.33. The molecule has 10 heavy (non-hydrogen) atoms. The Morgan fingerprint density at radius 1 is 1.40 bits per heavy atom. The molecule has 0 aliphatic carbocycles. The zero-order valence-electron chi connectivity index (χ0n) is 7.85. The molecule has 0 bridgehead atoms. The quantitative estimate of drug-likeness (QED) is 0.431. The maximum absolute atomic E-state index is 5.24. The van der Waals surface area contributed by atoms with E-state index in [2.05, 4.69) is 27.9 Å². The van der Waals surface area contributed by atoms with Crippen molar-refractivity contribution in [2.45, 2.75) is 26.5 Å². The van der Waals surface area contributed by atoms with Crippen LogP contribution in [0, 0.1) is 0 Å². The van der Waals surface area contributed by atoms with E-state index in [1.807, 2.05) is 0 Å². The zero-order chi connectivity index (χ0) is 8.20. The second-order valence-electron chi connectivity index (χ2n) is 3.34. The molecule has 0 saturated carbocycles. The fourth-order valence-corrected chi connectivity index (χ4v) is 1.04. The standard InChI is InChI=1S/C8H20NO/c1-6-7-9(3,4)8(2)10-5/h8H,6-7H2,1-5H3/q+1. The monoisotopic (exact) mass is 146 g/mol. The molecule has 0 rings (SSSR count). The highest BCUT2D eigenvalue weighted by Crippen LogP contribution is 2.07. The molecule has 1 unspecified atom stereocenters. The molecule has 0 heterocycles. The Bertz CT molecular complexity index is 91.3. The minimum Gasteiger partial charge on any atom is -0.333 e. The predicted molar refractivity (Wildman–Crippen MR) is 43.7 cm³/mol. The van der Waals surface area contributed by atoms with Crippen molar-refractivity contribution in [3.63, 3.8) is 0 Å². The Morgan fingerprint density at radius 2 is 1.90 bits per heavy atom. The van der Waals surface area contributed by atoms with Gasteiger partial charge in [0.25, 0.3) is 0 Å². The topological polar surface area (TPSA) is 9.23 Å². The summed E-state index contributed by atoms with van der Waals surface area (Å²) in [6, 6.07) is 0. The van der Waals surface area contributed by atoms with Gasteiger partial charge in [-0.15, -0.1) is 0 Å². The van der Waals surface area contributed by atoms with E-state index in [0.29, 0.717) is 6.23 Å². The summed E-state index contributed by atoms with van der Waals surface area (Å²) in [6.07, 6.45) is 1.51. The molecule has 0 aliphatic heterocycles. The van der Waals surface area contributed by atoms with Gasteiger partial charge < -0.3 is 9.22 Å². The SMILES string of the molecule is CCC[N+](C)(C)C(C)OC. The Labute approximate surface area is 64.4 Å². The van der Waals surface area contributed by atoms with Crippen LogP contribution >= 0.6 is 0 Å². The summed E-state index contributed by atoms with van der Waals surface area (Å²) < 4.78 is 6.19. The molecular weight excluding hydrogens is 126 g/mol. The maximum atomic E-state index is 5.24. The van der Waals surface area contributed by atoms with Crippen LogP contribution in [0.3, 0.4) is 0 Å². The Hall–Kier alpha value is -0.0800. The Morgan fingerprint density at radius 3 is 2.20 bits per heavy atom. The van der Waals surface area contributed by atoms with Crippen molar-refractivity contribution in [2.24, 2.45) is 0 Å². The normalized spacial score (nSPS) is 15.3. The number of rotatable bonds is 4. The number of hydrogen-bond acceptors (Lipinski definition) is 1. The molecule has 0 N–H and O–H groups in total. The maximum Gasteiger partial charge on any atom is 0.189 e. The van der Waals surface area contributed by atoms with E-state index in [9.17, 15) is 0 Å². The van der Waals surface area contributed by atoms with Crippen LogP contribution in [0.1, 0.15) is 20.3 Å². The van der Waals surface area contributed by atoms with Gasteiger partial charge in [0.15, 0.2) is 6.23 Å². The molecule has 62 valence electrons. The average Bonchev–Trinajstić information content (AvgIpc) is 1.86. The van der Waals surface area contributed by atoms with Crippen molar-refractivity contribution in [1.82, 2.24) is 0 Å². The first-order valence-electron chi connectivity index (χ1n) is 3.90. The molecule has 0 radical (unpaired) electrons. The van der Waals surface area contributed by atoms with Crippen LogP contribution in [0.4, 0.5) is 0 Å². The third-order valence-electron chi connectivity index (χ3n) is 2.13. The molecule has 0 spiro atoms. The highest BCUT2D eigenvalue weighted by atomic mass is 16.5. The summed E-state index contributed by atoms with van der Waals surface area (Å²) in [4.78, 5) is 0. The summed E-state index contributed by atoms with van der Waals surface area (Å²) in [5.74, 6) is 0. The van der Waals surface area contributed by atoms with Gasteiger partial charge in [0.05, 0.1) is 20.6 Å². The molecule has 0 aromatic carbocycles. The molecule has 1 atom stereocenters. The summed E-state index contributed by atoms with van der Waals surface area (Å²) in [5.41, 5.74) is 0. The molecule has 0 saturated heterocycles. The number of quaternary nitrogens is 1. The lowest BCUT2D eigenvalue weighted by molar-refractivity contribution is -0.934. The van der Waals surface area contributed by atoms with Crippen molar-refractivity contribution >= 4 is 0 Å². The number of ether oxygens (including phenoxy) is 1. The van der Waals surface area contributed by atoms with E-state index in [1.165, 1.54) is 13.0 Å². The van der Waals surface area contributed by atoms with E-state index in [0.717, 1.165) is 4.48 Å². The molecule has 0 aliphatic rings. The van der Waals surface area contributed by atoms with E-state index in [-0.39, 0.29) is 0 Å². The second-order valence-corrected chi connectivity index (χ2v) is 3.34. The van der Waals surface area contributed by atoms with Crippen LogP contribution in [0.15, 0.2) is 0 Å². The van der Waals surface area contributed by atoms with Crippen LogP contribution in [0.5, 0.6) is 0 Å². The molecule has 0 amide bonds. The fraction of sp³-hybridized carbons (Fsp3) is 1.00. The molecule has 0 fully saturated rings. The number of nitrogens with zero attached hydrogens (tertiary/aromatic N) is 1. The van der Waals surface area contributed by atoms with Gasteiger partial charge in [0.1, 0.15) is 0 Å². The summed E-state index contributed by atoms with van der Waals surface area (Å²) in [5, 5.41) is 0. The van der Waals surface area contributed by atoms with Crippen LogP contribution in [0.2, 0.25) is 0 Å². The minimum atomic E-state index is 0.306. The molecule has 2 heteroatoms. The van der Waals surface area contributed by atoms with Crippen molar-refractivity contribution in [1.29, 1.82) is 0 Å². The van der Waals surface area contributed by atoms with E-state index >= 15 is 0 Å². The summed E-state index contributed by atoms with van der Waals surface area (Å²) >= 11 is 0. The summed E-state index contributed by atoms with van der Waals surface area (Å²) in [6.45, 7) is 5.48. The predicted octanol–water partition coefficient (Wildman–Crippen LogP) is 1.47. The second kappa shape index (κ2) is 3.94. The van der Waals surface area contributed by atoms with Crippen LogP contribution in [-0.2, 0) is 4.74 Å². The van der Waals surface area contributed by atoms with Crippen molar-refractivity contribution in [2.75, 3.05) is 27.7 Å². The first-order chi connectivity index (χ1) is 4.54. The van der Waals surface area contributed by atoms with Gasteiger partial charge in [-0.05, 0) is 6.42 Å². The molecule has 2 nitrogen and oxygen atoms in total. The largest absolute Gasteiger partial charge is 0.333 e. The van der Waals surface area contributed by atoms with Gasteiger partial charge in [-0.2, -0.15) is 0 Å². The summed E-state index contributed by atoms with van der Waals surface area (Å²) in [7, 11) is 6.15. The lowest BCUT2D eigenvalue weighted by atomic mass is 10.3. The molecule has 0 aromatic rings. The fourth-order valence-electron chi connectivity index (χ4n) is 1.04. The highest BCUT2D eigenvalue weighted by Gasteiger charge is 2.21. The van der Waals surface area contributed by atoms with Gasteiger partial charge in [0.2, 0.25) is 0 Å². The first kappa shape index (κ1) is 9.92. The van der Waals surface area contributed by atoms with Crippen LogP contribution in [0.25, 0.3) is 0 Å². The van der Waals surface area contributed by atoms with Crippen molar-refractivity contribution in [3.05, 3.63) is 0 Å². The molecule has 0 aromatic heterocycles. The van der Waals surface area contributed by atoms with Crippen LogP contribution < -0.4 is 0 Å². The average molecular weight is 146 g/mol. The minimum absolute atomic E-state index is 0.306. The van der Waals surface area contributed by atoms with Crippen molar-refractivity contribution < 1.29 is 9.22 Å². The van der Waals surface area contributed by atoms with Gasteiger partial charge in [-0.25, -0.2) is 0 Å². The Balaban J connectivity index is 3.82. The van der Waals surface area contributed by atoms with E-state index in [1.54, 1.807) is 7.11 Å². The lowest BCUT2D eigenvalue weighted by Crippen LogP contribution is -2.48. The van der Waals surface area contributed by atoms with E-state index < -0.39 is 0 Å². The van der Waals surface area contributed by atoms with Crippen molar-refractivity contribution in [3.8, 4) is 0 Å². The van der Waals surface area contributed by atoms with Gasteiger partial charge in [-0.1, -0.05) is 6.92 Å². The van der Waals surface area contributed by atoms with E-state index in [4.69, 9.17) is 4.74 Å². The van der Waals surface area contributed by atoms with Gasteiger partial charge in [0, 0.05) is 14.0 Å². The zero-order valence-corrected chi connectivity index (χ0v) is 7.85. The Kier molecular flexibility index (Phi) is 3.91. The van der Waals surface area contributed by atoms with Gasteiger partial charge in [-0.3, -0.25) is 0 Å². The number of hydrogen-bond donors (Lipinski definition) is 0. The molecular formula is C8H20NO+. The van der Waals surface area contributed by atoms with Gasteiger partial charge >= 0.3 is 0 Å². The third kappa shape index (κ3) is 2.67. The smallest absolute Gasteiger partial charge is 0.189 e. The third-order valence-corrected chi connectivity index (χ3v) is 2.13. The lowest BCUT2D eigenvalue weighted by Gasteiger charge is -2.34. The number of methoxy groups -OCH3 is 1. The first-order valence-corrected chi connectivity index (χ1v) is 3.90.